The predicted octanol–water partition coefficient (Wildman–Crippen LogP) is 1.79. The van der Waals surface area contributed by atoms with Crippen LogP contribution in [0.2, 0.25) is 0 Å². The number of nitrogens with zero attached hydrogens (tertiary/aromatic N) is 3. The van der Waals surface area contributed by atoms with E-state index in [0.717, 1.165) is 19.6 Å². The van der Waals surface area contributed by atoms with Gasteiger partial charge in [0.05, 0.1) is 17.1 Å². The fourth-order valence-corrected chi connectivity index (χ4v) is 2.53. The summed E-state index contributed by atoms with van der Waals surface area (Å²) in [6, 6.07) is 2.91. The number of rotatable bonds is 5. The molecule has 0 bridgehead atoms. The Morgan fingerprint density at radius 1 is 1.50 bits per heavy atom. The largest absolute Gasteiger partial charge is 0.373 e. The highest BCUT2D eigenvalue weighted by Gasteiger charge is 2.17. The molecule has 1 unspecified atom stereocenters. The lowest BCUT2D eigenvalue weighted by molar-refractivity contribution is -0.384. The molecule has 1 aromatic heterocycles. The molecule has 0 amide bonds. The summed E-state index contributed by atoms with van der Waals surface area (Å²) in [5.74, 6) is 1.62. The van der Waals surface area contributed by atoms with Crippen LogP contribution < -0.4 is 10.6 Å². The summed E-state index contributed by atoms with van der Waals surface area (Å²) in [5, 5.41) is 17.0. The fraction of sp³-hybridized carbons (Fsp3) is 0.615. The van der Waals surface area contributed by atoms with Crippen molar-refractivity contribution in [3.05, 3.63) is 22.2 Å². The zero-order valence-corrected chi connectivity index (χ0v) is 11.9. The van der Waals surface area contributed by atoms with Crippen LogP contribution in [0.3, 0.4) is 0 Å². The van der Waals surface area contributed by atoms with E-state index in [-0.39, 0.29) is 5.69 Å². The molecule has 2 N–H and O–H groups in total. The summed E-state index contributed by atoms with van der Waals surface area (Å²) in [4.78, 5) is 17.1. The third-order valence-electron chi connectivity index (χ3n) is 3.57. The molecule has 20 heavy (non-hydrogen) atoms. The van der Waals surface area contributed by atoms with E-state index in [0.29, 0.717) is 17.6 Å². The van der Waals surface area contributed by atoms with Crippen LogP contribution in [0.4, 0.5) is 17.3 Å². The van der Waals surface area contributed by atoms with Gasteiger partial charge in [-0.3, -0.25) is 10.1 Å². The number of piperidine rings is 1. The summed E-state index contributed by atoms with van der Waals surface area (Å²) in [6.45, 7) is 3.00. The molecule has 0 aliphatic carbocycles. The molecule has 1 aromatic rings. The molecule has 110 valence electrons. The maximum absolute atomic E-state index is 10.9. The first-order valence-corrected chi connectivity index (χ1v) is 6.85. The van der Waals surface area contributed by atoms with E-state index in [1.54, 1.807) is 7.05 Å². The second-order valence-corrected chi connectivity index (χ2v) is 5.25. The maximum atomic E-state index is 10.9. The van der Waals surface area contributed by atoms with Gasteiger partial charge in [-0.15, -0.1) is 0 Å². The van der Waals surface area contributed by atoms with Crippen LogP contribution in [0.15, 0.2) is 12.1 Å². The Kier molecular flexibility index (Phi) is 4.73. The molecule has 0 radical (unpaired) electrons. The molecule has 0 spiro atoms. The molecule has 7 heteroatoms. The van der Waals surface area contributed by atoms with E-state index in [4.69, 9.17) is 0 Å². The third kappa shape index (κ3) is 3.80. The van der Waals surface area contributed by atoms with Gasteiger partial charge in [0.15, 0.2) is 0 Å². The highest BCUT2D eigenvalue weighted by atomic mass is 16.6. The van der Waals surface area contributed by atoms with Crippen molar-refractivity contribution in [1.82, 2.24) is 9.88 Å². The van der Waals surface area contributed by atoms with Crippen LogP contribution in [-0.4, -0.2) is 48.5 Å². The molecule has 0 aromatic carbocycles. The van der Waals surface area contributed by atoms with E-state index in [1.165, 1.54) is 25.0 Å². The molecule has 1 saturated heterocycles. The summed E-state index contributed by atoms with van der Waals surface area (Å²) in [6.07, 6.45) is 2.39. The average molecular weight is 279 g/mol. The number of pyridine rings is 1. The lowest BCUT2D eigenvalue weighted by Gasteiger charge is -2.29. The smallest absolute Gasteiger partial charge is 0.276 e. The Balaban J connectivity index is 2.01. The van der Waals surface area contributed by atoms with Gasteiger partial charge in [-0.05, 0) is 32.4 Å². The zero-order chi connectivity index (χ0) is 14.5. The number of hydrogen-bond acceptors (Lipinski definition) is 6. The Labute approximate surface area is 118 Å². The SMILES string of the molecule is CNc1cc([N+](=O)[O-])cc(NCC2CCCN(C)C2)n1. The highest BCUT2D eigenvalue weighted by Crippen LogP contribution is 2.21. The molecule has 7 nitrogen and oxygen atoms in total. The van der Waals surface area contributed by atoms with Crippen LogP contribution >= 0.6 is 0 Å². The second kappa shape index (κ2) is 6.51. The van der Waals surface area contributed by atoms with Gasteiger partial charge in [0.2, 0.25) is 0 Å². The molecule has 2 heterocycles. The van der Waals surface area contributed by atoms with Crippen LogP contribution in [0.5, 0.6) is 0 Å². The van der Waals surface area contributed by atoms with Gasteiger partial charge >= 0.3 is 0 Å². The quantitative estimate of drug-likeness (QED) is 0.631. The fourth-order valence-electron chi connectivity index (χ4n) is 2.53. The van der Waals surface area contributed by atoms with Crippen LogP contribution in [0.25, 0.3) is 0 Å². The normalized spacial score (nSPS) is 19.6. The van der Waals surface area contributed by atoms with Crippen LogP contribution in [0, 0.1) is 16.0 Å². The minimum Gasteiger partial charge on any atom is -0.373 e. The number of anilines is 2. The number of nitro groups is 1. The summed E-state index contributed by atoms with van der Waals surface area (Å²) < 4.78 is 0. The molecule has 1 aliphatic heterocycles. The summed E-state index contributed by atoms with van der Waals surface area (Å²) >= 11 is 0. The van der Waals surface area contributed by atoms with Crippen molar-refractivity contribution in [1.29, 1.82) is 0 Å². The molecule has 2 rings (SSSR count). The number of nitrogens with one attached hydrogen (secondary N) is 2. The van der Waals surface area contributed by atoms with Crippen LogP contribution in [0.1, 0.15) is 12.8 Å². The zero-order valence-electron chi connectivity index (χ0n) is 11.9. The molecular formula is C13H21N5O2. The second-order valence-electron chi connectivity index (χ2n) is 5.25. The van der Waals surface area contributed by atoms with Gasteiger partial charge in [-0.25, -0.2) is 4.98 Å². The van der Waals surface area contributed by atoms with E-state index in [1.807, 2.05) is 0 Å². The maximum Gasteiger partial charge on any atom is 0.276 e. The molecule has 0 saturated carbocycles. The van der Waals surface area contributed by atoms with Crippen molar-refractivity contribution in [2.45, 2.75) is 12.8 Å². The molecule has 1 atom stereocenters. The monoisotopic (exact) mass is 279 g/mol. The molecule has 1 aliphatic rings. The lowest BCUT2D eigenvalue weighted by atomic mass is 9.98. The van der Waals surface area contributed by atoms with Gasteiger partial charge in [-0.2, -0.15) is 0 Å². The first-order valence-electron chi connectivity index (χ1n) is 6.85. The third-order valence-corrected chi connectivity index (χ3v) is 3.57. The van der Waals surface area contributed by atoms with Gasteiger partial charge in [0, 0.05) is 20.1 Å². The van der Waals surface area contributed by atoms with Gasteiger partial charge < -0.3 is 15.5 Å². The van der Waals surface area contributed by atoms with E-state index in [2.05, 4.69) is 27.6 Å². The summed E-state index contributed by atoms with van der Waals surface area (Å²) in [5.41, 5.74) is 0.0487. The van der Waals surface area contributed by atoms with Gasteiger partial charge in [0.1, 0.15) is 11.6 Å². The van der Waals surface area contributed by atoms with Crippen LogP contribution in [-0.2, 0) is 0 Å². The van der Waals surface area contributed by atoms with E-state index < -0.39 is 4.92 Å². The number of hydrogen-bond donors (Lipinski definition) is 2. The first kappa shape index (κ1) is 14.5. The van der Waals surface area contributed by atoms with E-state index >= 15 is 0 Å². The van der Waals surface area contributed by atoms with Crippen molar-refractivity contribution < 1.29 is 4.92 Å². The van der Waals surface area contributed by atoms with Crippen molar-refractivity contribution in [3.63, 3.8) is 0 Å². The predicted molar refractivity (Wildman–Crippen MR) is 79.1 cm³/mol. The number of aromatic nitrogens is 1. The molecule has 1 fully saturated rings. The van der Waals surface area contributed by atoms with Crippen molar-refractivity contribution in [2.75, 3.05) is 44.4 Å². The summed E-state index contributed by atoms with van der Waals surface area (Å²) in [7, 11) is 3.82. The van der Waals surface area contributed by atoms with E-state index in [9.17, 15) is 10.1 Å². The van der Waals surface area contributed by atoms with Crippen molar-refractivity contribution >= 4 is 17.3 Å². The topological polar surface area (TPSA) is 83.3 Å². The Morgan fingerprint density at radius 3 is 2.90 bits per heavy atom. The highest BCUT2D eigenvalue weighted by molar-refractivity contribution is 5.54. The minimum atomic E-state index is -0.401. The molecular weight excluding hydrogens is 258 g/mol. The lowest BCUT2D eigenvalue weighted by Crippen LogP contribution is -2.35. The minimum absolute atomic E-state index is 0.0487. The van der Waals surface area contributed by atoms with Crippen molar-refractivity contribution in [2.24, 2.45) is 5.92 Å². The average Bonchev–Trinajstić information content (AvgIpc) is 2.45. The van der Waals surface area contributed by atoms with Crippen molar-refractivity contribution in [3.8, 4) is 0 Å². The number of likely N-dealkylation sites (tertiary alicyclic amines) is 1. The standard InChI is InChI=1S/C13H21N5O2/c1-14-12-6-11(18(19)20)7-13(16-12)15-8-10-4-3-5-17(2)9-10/h6-7,10H,3-5,8-9H2,1-2H3,(H2,14,15,16). The van der Waals surface area contributed by atoms with Gasteiger partial charge in [0.25, 0.3) is 5.69 Å². The Hall–Kier alpha value is -1.89. The Bertz CT molecular complexity index is 480. The first-order chi connectivity index (χ1) is 9.58. The van der Waals surface area contributed by atoms with Gasteiger partial charge in [-0.1, -0.05) is 0 Å². The Morgan fingerprint density at radius 2 is 2.25 bits per heavy atom.